The van der Waals surface area contributed by atoms with E-state index in [4.69, 9.17) is 36.5 Å². The van der Waals surface area contributed by atoms with E-state index in [-0.39, 0.29) is 23.8 Å². The molecular formula is C8H21N5O8P2. The van der Waals surface area contributed by atoms with Crippen molar-refractivity contribution in [1.82, 2.24) is 10.2 Å². The largest absolute Gasteiger partial charge is 0.370 e. The lowest BCUT2D eigenvalue weighted by Crippen LogP contribution is -2.58. The fourth-order valence-corrected chi connectivity index (χ4v) is 3.43. The zero-order valence-electron chi connectivity index (χ0n) is 12.0. The third-order valence-electron chi connectivity index (χ3n) is 2.65. The third kappa shape index (κ3) is 8.98. The Bertz CT molecular complexity index is 509. The van der Waals surface area contributed by atoms with E-state index < -0.39 is 45.8 Å². The first-order valence-corrected chi connectivity index (χ1v) is 9.71. The normalized spacial score (nSPS) is 15.2. The van der Waals surface area contributed by atoms with Crippen LogP contribution in [0.15, 0.2) is 0 Å². The van der Waals surface area contributed by atoms with Gasteiger partial charge < -0.3 is 41.5 Å². The van der Waals surface area contributed by atoms with Crippen LogP contribution in [0.3, 0.4) is 0 Å². The summed E-state index contributed by atoms with van der Waals surface area (Å²) in [6.07, 6.45) is -3.09. The summed E-state index contributed by atoms with van der Waals surface area (Å²) >= 11 is 0. The maximum Gasteiger partial charge on any atom is 0.339 e. The van der Waals surface area contributed by atoms with Crippen molar-refractivity contribution < 1.29 is 38.6 Å². The minimum absolute atomic E-state index is 0.0184. The van der Waals surface area contributed by atoms with Gasteiger partial charge in [-0.1, -0.05) is 0 Å². The molecule has 0 radical (unpaired) electrons. The second-order valence-electron chi connectivity index (χ2n) is 4.78. The summed E-state index contributed by atoms with van der Waals surface area (Å²) in [6.45, 7) is 0.0184. The number of carbonyl (C=O) groups excluding carboxylic acids is 1. The van der Waals surface area contributed by atoms with Gasteiger partial charge in [-0.2, -0.15) is 0 Å². The van der Waals surface area contributed by atoms with Crippen molar-refractivity contribution in [2.45, 2.75) is 18.6 Å². The van der Waals surface area contributed by atoms with E-state index in [0.717, 1.165) is 0 Å². The Kier molecular flexibility index (Phi) is 7.81. The summed E-state index contributed by atoms with van der Waals surface area (Å²) in [4.78, 5) is 47.6. The van der Waals surface area contributed by atoms with E-state index in [1.807, 2.05) is 0 Å². The Morgan fingerprint density at radius 3 is 1.87 bits per heavy atom. The molecule has 0 bridgehead atoms. The quantitative estimate of drug-likeness (QED) is 0.0610. The van der Waals surface area contributed by atoms with E-state index in [1.165, 1.54) is 0 Å². The molecule has 15 heteroatoms. The Morgan fingerprint density at radius 2 is 1.57 bits per heavy atom. The number of nitrogens with zero attached hydrogens (tertiary/aromatic N) is 1. The van der Waals surface area contributed by atoms with E-state index in [2.05, 4.69) is 5.32 Å². The molecule has 136 valence electrons. The number of primary amides is 1. The van der Waals surface area contributed by atoms with Crippen molar-refractivity contribution in [3.05, 3.63) is 0 Å². The van der Waals surface area contributed by atoms with Gasteiger partial charge in [-0.3, -0.25) is 19.3 Å². The van der Waals surface area contributed by atoms with Crippen LogP contribution in [0, 0.1) is 5.41 Å². The first-order valence-electron chi connectivity index (χ1n) is 6.12. The van der Waals surface area contributed by atoms with Crippen molar-refractivity contribution >= 4 is 27.1 Å². The van der Waals surface area contributed by atoms with Crippen LogP contribution in [0.5, 0.6) is 0 Å². The predicted molar refractivity (Wildman–Crippen MR) is 79.0 cm³/mol. The minimum Gasteiger partial charge on any atom is -0.370 e. The van der Waals surface area contributed by atoms with Gasteiger partial charge in [0.05, 0.1) is 0 Å². The number of carbonyl (C=O) groups is 1. The molecule has 1 atom stereocenters. The SMILES string of the molecule is N=C(N)NCCCC(O)(C(N)=O)N(CP(=O)(O)O)CP(=O)(O)O. The zero-order valence-corrected chi connectivity index (χ0v) is 13.8. The maximum atomic E-state index is 11.5. The summed E-state index contributed by atoms with van der Waals surface area (Å²) in [7, 11) is -9.71. The van der Waals surface area contributed by atoms with Crippen LogP contribution in [0.4, 0.5) is 0 Å². The molecule has 23 heavy (non-hydrogen) atoms. The Morgan fingerprint density at radius 1 is 1.13 bits per heavy atom. The summed E-state index contributed by atoms with van der Waals surface area (Å²) < 4.78 is 22.2. The molecule has 0 aliphatic rings. The molecule has 0 aromatic carbocycles. The number of aliphatic hydroxyl groups is 1. The van der Waals surface area contributed by atoms with Crippen molar-refractivity contribution in [3.63, 3.8) is 0 Å². The van der Waals surface area contributed by atoms with Crippen LogP contribution < -0.4 is 16.8 Å². The second-order valence-corrected chi connectivity index (χ2v) is 8.00. The first-order chi connectivity index (χ1) is 10.2. The van der Waals surface area contributed by atoms with Crippen LogP contribution in [0.25, 0.3) is 0 Å². The minimum atomic E-state index is -4.85. The molecule has 0 saturated heterocycles. The number of hydrogen-bond donors (Lipinski definition) is 9. The average Bonchev–Trinajstić information content (AvgIpc) is 2.29. The smallest absolute Gasteiger partial charge is 0.339 e. The molecule has 1 unspecified atom stereocenters. The molecule has 0 aromatic heterocycles. The highest BCUT2D eigenvalue weighted by atomic mass is 31.2. The van der Waals surface area contributed by atoms with Crippen molar-refractivity contribution in [1.29, 1.82) is 5.41 Å². The van der Waals surface area contributed by atoms with Gasteiger partial charge in [0.25, 0.3) is 5.91 Å². The van der Waals surface area contributed by atoms with Crippen LogP contribution in [0.2, 0.25) is 0 Å². The zero-order chi connectivity index (χ0) is 18.5. The van der Waals surface area contributed by atoms with E-state index in [0.29, 0.717) is 0 Å². The van der Waals surface area contributed by atoms with Crippen molar-refractivity contribution in [3.8, 4) is 0 Å². The van der Waals surface area contributed by atoms with Crippen molar-refractivity contribution in [2.75, 3.05) is 19.1 Å². The fourth-order valence-electron chi connectivity index (χ4n) is 1.72. The number of nitrogens with two attached hydrogens (primary N) is 2. The number of guanidine groups is 1. The van der Waals surface area contributed by atoms with E-state index in [9.17, 15) is 19.0 Å². The Labute approximate surface area is 131 Å². The molecule has 0 heterocycles. The summed E-state index contributed by atoms with van der Waals surface area (Å²) in [5, 5.41) is 19.6. The lowest BCUT2D eigenvalue weighted by molar-refractivity contribution is -0.158. The molecular weight excluding hydrogens is 356 g/mol. The number of amides is 1. The molecule has 0 saturated carbocycles. The van der Waals surface area contributed by atoms with Crippen LogP contribution in [0.1, 0.15) is 12.8 Å². The van der Waals surface area contributed by atoms with Crippen molar-refractivity contribution in [2.24, 2.45) is 11.5 Å². The van der Waals surface area contributed by atoms with Gasteiger partial charge in [0.1, 0.15) is 12.6 Å². The number of rotatable bonds is 10. The van der Waals surface area contributed by atoms with Crippen LogP contribution in [-0.2, 0) is 13.9 Å². The number of hydrogen-bond acceptors (Lipinski definition) is 6. The highest BCUT2D eigenvalue weighted by Crippen LogP contribution is 2.43. The lowest BCUT2D eigenvalue weighted by atomic mass is 10.1. The van der Waals surface area contributed by atoms with Gasteiger partial charge in [-0.05, 0) is 6.42 Å². The first kappa shape index (κ1) is 22.0. The molecule has 11 N–H and O–H groups in total. The molecule has 0 aliphatic heterocycles. The van der Waals surface area contributed by atoms with Gasteiger partial charge >= 0.3 is 15.2 Å². The Hall–Kier alpha value is -1.04. The predicted octanol–water partition coefficient (Wildman–Crippen LogP) is -3.00. The van der Waals surface area contributed by atoms with Gasteiger partial charge in [-0.15, -0.1) is 0 Å². The monoisotopic (exact) mass is 377 g/mol. The third-order valence-corrected chi connectivity index (χ3v) is 4.06. The standard InChI is InChI=1S/C8H21N5O8P2/c9-6(14)8(15,2-1-3-12-7(10)11)13(4-22(16,17)18)5-23(19,20)21/h15H,1-5H2,(H2,9,14)(H4,10,11,12)(H2,16,17,18)(H2,19,20,21). The van der Waals surface area contributed by atoms with Crippen LogP contribution >= 0.6 is 15.2 Å². The summed E-state index contributed by atoms with van der Waals surface area (Å²) in [5.74, 6) is -1.81. The van der Waals surface area contributed by atoms with Gasteiger partial charge in [-0.25, -0.2) is 4.90 Å². The fraction of sp³-hybridized carbons (Fsp3) is 0.750. The summed E-state index contributed by atoms with van der Waals surface area (Å²) in [5.41, 5.74) is 7.36. The molecule has 0 spiro atoms. The number of nitrogens with one attached hydrogen (secondary N) is 2. The van der Waals surface area contributed by atoms with Crippen LogP contribution in [-0.4, -0.2) is 66.3 Å². The Balaban J connectivity index is 5.32. The van der Waals surface area contributed by atoms with Gasteiger partial charge in [0.2, 0.25) is 0 Å². The van der Waals surface area contributed by atoms with E-state index in [1.54, 1.807) is 0 Å². The maximum absolute atomic E-state index is 11.5. The average molecular weight is 377 g/mol. The van der Waals surface area contributed by atoms with Gasteiger partial charge in [0, 0.05) is 13.0 Å². The van der Waals surface area contributed by atoms with E-state index >= 15 is 0 Å². The second kappa shape index (κ2) is 8.18. The molecule has 1 amide bonds. The molecule has 0 rings (SSSR count). The highest BCUT2D eigenvalue weighted by molar-refractivity contribution is 7.52. The topological polar surface area (TPSA) is 244 Å². The molecule has 0 fully saturated rings. The molecule has 0 aromatic rings. The summed E-state index contributed by atoms with van der Waals surface area (Å²) in [6, 6.07) is 0. The van der Waals surface area contributed by atoms with Gasteiger partial charge in [0.15, 0.2) is 11.7 Å². The highest BCUT2D eigenvalue weighted by Gasteiger charge is 2.45. The molecule has 0 aliphatic carbocycles. The lowest BCUT2D eigenvalue weighted by Gasteiger charge is -2.37. The molecule has 13 nitrogen and oxygen atoms in total.